The van der Waals surface area contributed by atoms with E-state index in [1.165, 1.54) is 4.90 Å². The third-order valence-electron chi connectivity index (χ3n) is 5.39. The topological polar surface area (TPSA) is 67.9 Å². The van der Waals surface area contributed by atoms with Crippen molar-refractivity contribution >= 4 is 28.8 Å². The number of hydrogen-bond acceptors (Lipinski definition) is 5. The first-order valence-electron chi connectivity index (χ1n) is 9.95. The van der Waals surface area contributed by atoms with Gasteiger partial charge in [0, 0.05) is 11.8 Å². The smallest absolute Gasteiger partial charge is 0.282 e. The van der Waals surface area contributed by atoms with Crippen molar-refractivity contribution in [3.63, 3.8) is 0 Å². The van der Waals surface area contributed by atoms with E-state index in [0.717, 1.165) is 22.4 Å². The lowest BCUT2D eigenvalue weighted by molar-refractivity contribution is -0.120. The van der Waals surface area contributed by atoms with Crippen molar-refractivity contribution < 1.29 is 19.1 Å². The molecule has 0 radical (unpaired) electrons. The number of benzene rings is 3. The molecule has 2 heterocycles. The van der Waals surface area contributed by atoms with E-state index in [9.17, 15) is 9.59 Å². The van der Waals surface area contributed by atoms with Crippen molar-refractivity contribution in [2.24, 2.45) is 0 Å². The van der Waals surface area contributed by atoms with Crippen LogP contribution in [0.15, 0.2) is 72.4 Å². The molecule has 6 heteroatoms. The summed E-state index contributed by atoms with van der Waals surface area (Å²) in [5.74, 6) is 0.306. The minimum atomic E-state index is -0.414. The number of rotatable bonds is 4. The summed E-state index contributed by atoms with van der Waals surface area (Å²) in [6.45, 7) is 4.05. The number of nitrogens with one attached hydrogen (secondary N) is 1. The third-order valence-corrected chi connectivity index (χ3v) is 5.39. The molecule has 2 aliphatic rings. The third kappa shape index (κ3) is 3.22. The van der Waals surface area contributed by atoms with Gasteiger partial charge in [-0.2, -0.15) is 0 Å². The average Bonchev–Trinajstić information content (AvgIpc) is 3.31. The van der Waals surface area contributed by atoms with E-state index in [-0.39, 0.29) is 18.4 Å². The fourth-order valence-corrected chi connectivity index (χ4v) is 3.91. The van der Waals surface area contributed by atoms with Crippen molar-refractivity contribution in [1.82, 2.24) is 0 Å². The Morgan fingerprint density at radius 3 is 2.39 bits per heavy atom. The number of fused-ring (bicyclic) bond motifs is 1. The Labute approximate surface area is 179 Å². The maximum atomic E-state index is 13.6. The van der Waals surface area contributed by atoms with Crippen LogP contribution in [0.2, 0.25) is 0 Å². The van der Waals surface area contributed by atoms with E-state index in [0.29, 0.717) is 22.8 Å². The highest BCUT2D eigenvalue weighted by atomic mass is 16.7. The number of amides is 2. The Hall–Kier alpha value is -4.06. The van der Waals surface area contributed by atoms with Gasteiger partial charge < -0.3 is 14.8 Å². The maximum absolute atomic E-state index is 13.6. The van der Waals surface area contributed by atoms with Crippen LogP contribution in [0.1, 0.15) is 16.7 Å². The zero-order chi connectivity index (χ0) is 21.5. The van der Waals surface area contributed by atoms with Crippen LogP contribution in [0, 0.1) is 13.8 Å². The van der Waals surface area contributed by atoms with Crippen LogP contribution in [-0.2, 0) is 9.59 Å². The largest absolute Gasteiger partial charge is 0.454 e. The summed E-state index contributed by atoms with van der Waals surface area (Å²) in [6.07, 6.45) is 0. The van der Waals surface area contributed by atoms with E-state index >= 15 is 0 Å². The number of imide groups is 1. The van der Waals surface area contributed by atoms with Crippen molar-refractivity contribution in [2.45, 2.75) is 13.8 Å². The normalized spacial score (nSPS) is 15.1. The highest BCUT2D eigenvalue weighted by Gasteiger charge is 2.41. The molecule has 1 N–H and O–H groups in total. The highest BCUT2D eigenvalue weighted by Crippen LogP contribution is 2.40. The van der Waals surface area contributed by atoms with Gasteiger partial charge in [-0.05, 0) is 49.2 Å². The molecule has 0 spiro atoms. The van der Waals surface area contributed by atoms with Crippen LogP contribution in [-0.4, -0.2) is 18.6 Å². The molecular formula is C25H20N2O4. The van der Waals surface area contributed by atoms with Gasteiger partial charge in [0.15, 0.2) is 11.5 Å². The van der Waals surface area contributed by atoms with Crippen molar-refractivity contribution in [3.8, 4) is 11.5 Å². The predicted octanol–water partition coefficient (Wildman–Crippen LogP) is 4.43. The molecule has 5 rings (SSSR count). The van der Waals surface area contributed by atoms with Crippen LogP contribution in [0.3, 0.4) is 0 Å². The zero-order valence-corrected chi connectivity index (χ0v) is 17.1. The van der Waals surface area contributed by atoms with Crippen LogP contribution >= 0.6 is 0 Å². The molecule has 0 saturated carbocycles. The molecule has 6 nitrogen and oxygen atoms in total. The second-order valence-corrected chi connectivity index (χ2v) is 7.54. The van der Waals surface area contributed by atoms with Gasteiger partial charge in [-0.25, -0.2) is 4.90 Å². The number of nitrogens with zero attached hydrogens (tertiary/aromatic N) is 1. The number of anilines is 2. The lowest BCUT2D eigenvalue weighted by Gasteiger charge is -2.16. The zero-order valence-electron chi connectivity index (χ0n) is 17.1. The van der Waals surface area contributed by atoms with Gasteiger partial charge in [0.1, 0.15) is 5.70 Å². The molecule has 0 bridgehead atoms. The van der Waals surface area contributed by atoms with Crippen molar-refractivity contribution in [3.05, 3.63) is 89.1 Å². The highest BCUT2D eigenvalue weighted by molar-refractivity contribution is 6.46. The summed E-state index contributed by atoms with van der Waals surface area (Å²) in [6, 6.07) is 20.2. The van der Waals surface area contributed by atoms with E-state index in [2.05, 4.69) is 5.32 Å². The minimum Gasteiger partial charge on any atom is -0.454 e. The molecule has 3 aromatic carbocycles. The first-order chi connectivity index (χ1) is 15.0. The Balaban J connectivity index is 1.63. The summed E-state index contributed by atoms with van der Waals surface area (Å²) in [5, 5.41) is 3.18. The lowest BCUT2D eigenvalue weighted by atomic mass is 9.97. The second-order valence-electron chi connectivity index (χ2n) is 7.54. The summed E-state index contributed by atoms with van der Waals surface area (Å²) < 4.78 is 10.8. The lowest BCUT2D eigenvalue weighted by Crippen LogP contribution is -2.32. The first-order valence-corrected chi connectivity index (χ1v) is 9.95. The number of ether oxygens (including phenoxy) is 2. The van der Waals surface area contributed by atoms with Crippen LogP contribution in [0.4, 0.5) is 11.4 Å². The summed E-state index contributed by atoms with van der Waals surface area (Å²) in [5.41, 5.74) is 4.51. The molecule has 3 aromatic rings. The maximum Gasteiger partial charge on any atom is 0.282 e. The quantitative estimate of drug-likeness (QED) is 0.642. The first kappa shape index (κ1) is 18.9. The molecule has 0 fully saturated rings. The van der Waals surface area contributed by atoms with Gasteiger partial charge in [-0.15, -0.1) is 0 Å². The molecule has 2 amide bonds. The van der Waals surface area contributed by atoms with Gasteiger partial charge in [-0.1, -0.05) is 42.0 Å². The van der Waals surface area contributed by atoms with E-state index < -0.39 is 5.91 Å². The van der Waals surface area contributed by atoms with Crippen LogP contribution in [0.5, 0.6) is 11.5 Å². The SMILES string of the molecule is Cc1ccc(C2=C(Nc3ccccc3)C(=O)N(c3ccc4c(c3)OCO4)C2=O)c(C)c1. The van der Waals surface area contributed by atoms with E-state index in [4.69, 9.17) is 9.47 Å². The second kappa shape index (κ2) is 7.32. The van der Waals surface area contributed by atoms with Crippen molar-refractivity contribution in [2.75, 3.05) is 17.0 Å². The molecular weight excluding hydrogens is 392 g/mol. The number of hydrogen-bond donors (Lipinski definition) is 1. The van der Waals surface area contributed by atoms with Gasteiger partial charge >= 0.3 is 0 Å². The van der Waals surface area contributed by atoms with Gasteiger partial charge in [0.25, 0.3) is 11.8 Å². The minimum absolute atomic E-state index is 0.119. The van der Waals surface area contributed by atoms with E-state index in [1.54, 1.807) is 18.2 Å². The Morgan fingerprint density at radius 2 is 1.61 bits per heavy atom. The Morgan fingerprint density at radius 1 is 0.839 bits per heavy atom. The average molecular weight is 412 g/mol. The van der Waals surface area contributed by atoms with E-state index in [1.807, 2.05) is 62.4 Å². The summed E-state index contributed by atoms with van der Waals surface area (Å²) >= 11 is 0. The Bertz CT molecular complexity index is 1250. The van der Waals surface area contributed by atoms with Crippen LogP contribution in [0.25, 0.3) is 5.57 Å². The van der Waals surface area contributed by atoms with Gasteiger partial charge in [-0.3, -0.25) is 9.59 Å². The molecule has 154 valence electrons. The molecule has 31 heavy (non-hydrogen) atoms. The standard InChI is InChI=1S/C25H20N2O4/c1-15-8-10-19(16(2)12-15)22-23(26-17-6-4-3-5-7-17)25(29)27(24(22)28)18-9-11-20-21(13-18)31-14-30-20/h3-13,26H,14H2,1-2H3. The summed E-state index contributed by atoms with van der Waals surface area (Å²) in [7, 11) is 0. The molecule has 0 atom stereocenters. The number of carbonyl (C=O) groups excluding carboxylic acids is 2. The number of aryl methyl sites for hydroxylation is 2. The predicted molar refractivity (Wildman–Crippen MR) is 118 cm³/mol. The number of carbonyl (C=O) groups is 2. The molecule has 0 aliphatic carbocycles. The Kier molecular flexibility index (Phi) is 4.47. The monoisotopic (exact) mass is 412 g/mol. The molecule has 0 unspecified atom stereocenters. The van der Waals surface area contributed by atoms with Gasteiger partial charge in [0.2, 0.25) is 6.79 Å². The van der Waals surface area contributed by atoms with Crippen molar-refractivity contribution in [1.29, 1.82) is 0 Å². The fraction of sp³-hybridized carbons (Fsp3) is 0.120. The molecule has 2 aliphatic heterocycles. The molecule has 0 aromatic heterocycles. The molecule has 0 saturated heterocycles. The fourth-order valence-electron chi connectivity index (χ4n) is 3.91. The summed E-state index contributed by atoms with van der Waals surface area (Å²) in [4.78, 5) is 28.3. The van der Waals surface area contributed by atoms with Crippen LogP contribution < -0.4 is 19.7 Å². The number of para-hydroxylation sites is 1. The van der Waals surface area contributed by atoms with Gasteiger partial charge in [0.05, 0.1) is 11.3 Å².